The molecule has 0 radical (unpaired) electrons. The topological polar surface area (TPSA) is 78.5 Å². The van der Waals surface area contributed by atoms with Gasteiger partial charge in [-0.2, -0.15) is 0 Å². The number of carbonyl (C=O) groups excluding carboxylic acids is 3. The minimum Gasteiger partial charge on any atom is -0.338 e. The van der Waals surface area contributed by atoms with Crippen LogP contribution in [0.25, 0.3) is 0 Å². The summed E-state index contributed by atoms with van der Waals surface area (Å²) < 4.78 is 0. The number of carbonyl (C=O) groups is 3. The molecule has 2 N–H and O–H groups in total. The Kier molecular flexibility index (Phi) is 5.42. The van der Waals surface area contributed by atoms with E-state index in [2.05, 4.69) is 10.6 Å². The molecule has 1 aliphatic carbocycles. The zero-order valence-corrected chi connectivity index (χ0v) is 13.7. The van der Waals surface area contributed by atoms with E-state index >= 15 is 0 Å². The van der Waals surface area contributed by atoms with Crippen LogP contribution >= 0.6 is 0 Å². The molecule has 6 heteroatoms. The Balaban J connectivity index is 1.78. The van der Waals surface area contributed by atoms with Crippen LogP contribution in [0, 0.1) is 11.8 Å². The highest BCUT2D eigenvalue weighted by Crippen LogP contribution is 2.32. The van der Waals surface area contributed by atoms with Gasteiger partial charge in [-0.05, 0) is 38.5 Å². The molecule has 1 aliphatic heterocycles. The second kappa shape index (κ2) is 7.11. The third-order valence-corrected chi connectivity index (χ3v) is 4.51. The summed E-state index contributed by atoms with van der Waals surface area (Å²) >= 11 is 0. The maximum Gasteiger partial charge on any atom is 0.315 e. The molecule has 0 aromatic heterocycles. The lowest BCUT2D eigenvalue weighted by molar-refractivity contribution is -0.130. The van der Waals surface area contributed by atoms with Crippen LogP contribution in [0.4, 0.5) is 4.79 Å². The van der Waals surface area contributed by atoms with Crippen LogP contribution in [0.15, 0.2) is 0 Å². The highest BCUT2D eigenvalue weighted by atomic mass is 16.2. The summed E-state index contributed by atoms with van der Waals surface area (Å²) in [7, 11) is 0. The molecule has 22 heavy (non-hydrogen) atoms. The van der Waals surface area contributed by atoms with Gasteiger partial charge in [-0.15, -0.1) is 0 Å². The van der Waals surface area contributed by atoms with Gasteiger partial charge in [0.05, 0.1) is 12.6 Å². The van der Waals surface area contributed by atoms with Crippen molar-refractivity contribution in [2.24, 2.45) is 11.8 Å². The molecule has 0 aromatic rings. The fourth-order valence-corrected chi connectivity index (χ4v) is 2.94. The first-order valence-corrected chi connectivity index (χ1v) is 8.27. The molecule has 2 rings (SSSR count). The Morgan fingerprint density at radius 2 is 1.86 bits per heavy atom. The van der Waals surface area contributed by atoms with Gasteiger partial charge >= 0.3 is 6.03 Å². The van der Waals surface area contributed by atoms with Crippen LogP contribution in [0.5, 0.6) is 0 Å². The predicted octanol–water partition coefficient (Wildman–Crippen LogP) is 1.30. The maximum atomic E-state index is 12.2. The van der Waals surface area contributed by atoms with Gasteiger partial charge < -0.3 is 15.5 Å². The molecule has 0 aromatic carbocycles. The van der Waals surface area contributed by atoms with Crippen molar-refractivity contribution in [1.82, 2.24) is 15.5 Å². The summed E-state index contributed by atoms with van der Waals surface area (Å²) in [5.74, 6) is 0.215. The molecule has 124 valence electrons. The smallest absolute Gasteiger partial charge is 0.315 e. The molecule has 0 bridgehead atoms. The number of ketones is 1. The molecule has 0 spiro atoms. The minimum atomic E-state index is -0.465. The Bertz CT molecular complexity index is 446. The number of hydrogen-bond acceptors (Lipinski definition) is 3. The Labute approximate surface area is 132 Å². The van der Waals surface area contributed by atoms with Crippen molar-refractivity contribution in [3.05, 3.63) is 0 Å². The van der Waals surface area contributed by atoms with Gasteiger partial charge in [0.2, 0.25) is 5.91 Å². The largest absolute Gasteiger partial charge is 0.338 e. The lowest BCUT2D eigenvalue weighted by Gasteiger charge is -2.23. The van der Waals surface area contributed by atoms with Crippen molar-refractivity contribution in [3.63, 3.8) is 0 Å². The van der Waals surface area contributed by atoms with Gasteiger partial charge in [-0.1, -0.05) is 13.8 Å². The minimum absolute atomic E-state index is 0.0153. The summed E-state index contributed by atoms with van der Waals surface area (Å²) in [6.07, 6.45) is 3.89. The molecule has 1 unspecified atom stereocenters. The number of hydrogen-bond donors (Lipinski definition) is 2. The lowest BCUT2D eigenvalue weighted by Crippen LogP contribution is -2.51. The molecule has 1 saturated carbocycles. The number of nitrogens with zero attached hydrogens (tertiary/aromatic N) is 1. The Hall–Kier alpha value is -1.59. The zero-order chi connectivity index (χ0) is 16.3. The highest BCUT2D eigenvalue weighted by molar-refractivity contribution is 5.92. The number of likely N-dealkylation sites (tertiary alicyclic amines) is 1. The predicted molar refractivity (Wildman–Crippen MR) is 83.3 cm³/mol. The van der Waals surface area contributed by atoms with E-state index in [-0.39, 0.29) is 36.1 Å². The van der Waals surface area contributed by atoms with Crippen LogP contribution in [0.2, 0.25) is 0 Å². The molecule has 2 aliphatic rings. The molecule has 3 amide bonds. The number of rotatable bonds is 6. The van der Waals surface area contributed by atoms with Crippen molar-refractivity contribution >= 4 is 17.7 Å². The van der Waals surface area contributed by atoms with Gasteiger partial charge in [0, 0.05) is 18.5 Å². The fraction of sp³-hybridized carbons (Fsp3) is 0.812. The van der Waals surface area contributed by atoms with Crippen LogP contribution in [0.3, 0.4) is 0 Å². The van der Waals surface area contributed by atoms with E-state index in [0.29, 0.717) is 0 Å². The van der Waals surface area contributed by atoms with Crippen LogP contribution in [0.1, 0.15) is 46.5 Å². The number of Topliss-reactive ketones (excluding diaryl/α,β-unsaturated/α-hetero) is 1. The van der Waals surface area contributed by atoms with Gasteiger partial charge in [0.15, 0.2) is 5.78 Å². The fourth-order valence-electron chi connectivity index (χ4n) is 2.94. The van der Waals surface area contributed by atoms with Crippen molar-refractivity contribution in [2.45, 2.75) is 58.5 Å². The monoisotopic (exact) mass is 309 g/mol. The first-order chi connectivity index (χ1) is 10.4. The average Bonchev–Trinajstić information content (AvgIpc) is 3.23. The standard InChI is InChI=1S/C16H27N3O3/c1-10(2)14(15(21)12-6-7-12)18-16(22)17-9-13(20)19-8-4-5-11(19)3/h10-12,14H,4-9H2,1-3H3,(H2,17,18,22)/t11-,14?/m1/s1. The molecular weight excluding hydrogens is 282 g/mol. The van der Waals surface area contributed by atoms with E-state index in [9.17, 15) is 14.4 Å². The SMILES string of the molecule is CC(C)C(NC(=O)NCC(=O)N1CCC[C@H]1C)C(=O)C1CC1. The van der Waals surface area contributed by atoms with E-state index in [1.165, 1.54) is 0 Å². The molecule has 6 nitrogen and oxygen atoms in total. The molecule has 2 atom stereocenters. The third-order valence-electron chi connectivity index (χ3n) is 4.51. The van der Waals surface area contributed by atoms with E-state index in [4.69, 9.17) is 0 Å². The molecule has 2 fully saturated rings. The van der Waals surface area contributed by atoms with Gasteiger partial charge in [-0.25, -0.2) is 4.79 Å². The number of urea groups is 1. The Morgan fingerprint density at radius 3 is 2.36 bits per heavy atom. The lowest BCUT2D eigenvalue weighted by atomic mass is 9.97. The first-order valence-electron chi connectivity index (χ1n) is 8.27. The van der Waals surface area contributed by atoms with Crippen molar-refractivity contribution < 1.29 is 14.4 Å². The second-order valence-corrected chi connectivity index (χ2v) is 6.80. The quantitative estimate of drug-likeness (QED) is 0.776. The van der Waals surface area contributed by atoms with E-state index in [1.54, 1.807) is 4.90 Å². The first kappa shape index (κ1) is 16.8. The van der Waals surface area contributed by atoms with Crippen molar-refractivity contribution in [3.8, 4) is 0 Å². The summed E-state index contributed by atoms with van der Waals surface area (Å²) in [6.45, 7) is 6.61. The summed E-state index contributed by atoms with van der Waals surface area (Å²) in [5, 5.41) is 5.31. The van der Waals surface area contributed by atoms with Gasteiger partial charge in [0.1, 0.15) is 0 Å². The maximum absolute atomic E-state index is 12.2. The molecular formula is C16H27N3O3. The normalized spacial score (nSPS) is 22.5. The summed E-state index contributed by atoms with van der Waals surface area (Å²) in [6, 6.07) is -0.654. The molecule has 1 saturated heterocycles. The van der Waals surface area contributed by atoms with E-state index < -0.39 is 12.1 Å². The van der Waals surface area contributed by atoms with Gasteiger partial charge in [0.25, 0.3) is 0 Å². The van der Waals surface area contributed by atoms with Crippen molar-refractivity contribution in [2.75, 3.05) is 13.1 Å². The van der Waals surface area contributed by atoms with E-state index in [0.717, 1.165) is 32.2 Å². The van der Waals surface area contributed by atoms with Crippen LogP contribution in [-0.2, 0) is 9.59 Å². The highest BCUT2D eigenvalue weighted by Gasteiger charge is 2.36. The summed E-state index contributed by atoms with van der Waals surface area (Å²) in [5.41, 5.74) is 0. The number of nitrogens with one attached hydrogen (secondary N) is 2. The third kappa shape index (κ3) is 4.21. The average molecular weight is 309 g/mol. The summed E-state index contributed by atoms with van der Waals surface area (Å²) in [4.78, 5) is 38.0. The second-order valence-electron chi connectivity index (χ2n) is 6.80. The van der Waals surface area contributed by atoms with Crippen LogP contribution < -0.4 is 10.6 Å². The van der Waals surface area contributed by atoms with Gasteiger partial charge in [-0.3, -0.25) is 9.59 Å². The molecule has 1 heterocycles. The zero-order valence-electron chi connectivity index (χ0n) is 13.7. The van der Waals surface area contributed by atoms with Crippen LogP contribution in [-0.4, -0.2) is 47.8 Å². The van der Waals surface area contributed by atoms with Crippen molar-refractivity contribution in [1.29, 1.82) is 0 Å². The van der Waals surface area contributed by atoms with E-state index in [1.807, 2.05) is 20.8 Å². The number of amides is 3. The Morgan fingerprint density at radius 1 is 1.18 bits per heavy atom.